The molecule has 2 aromatic rings. The minimum absolute atomic E-state index is 0. The molecule has 1 aromatic heterocycles. The Hall–Kier alpha value is -1.88. The number of carboxylic acids is 1. The van der Waals surface area contributed by atoms with E-state index < -0.39 is 5.97 Å². The van der Waals surface area contributed by atoms with E-state index in [-0.39, 0.29) is 18.0 Å². The zero-order chi connectivity index (χ0) is 9.97. The highest BCUT2D eigenvalue weighted by Crippen LogP contribution is 2.12. The van der Waals surface area contributed by atoms with E-state index in [0.29, 0.717) is 5.69 Å². The largest absolute Gasteiger partial charge is 0.478 e. The van der Waals surface area contributed by atoms with Crippen molar-refractivity contribution < 1.29 is 9.90 Å². The number of aromatic nitrogens is 3. The lowest BCUT2D eigenvalue weighted by Crippen LogP contribution is -2.05. The highest BCUT2D eigenvalue weighted by atomic mass is 35.5. The average molecular weight is 226 g/mol. The average Bonchev–Trinajstić information content (AvgIpc) is 2.70. The molecule has 6 heteroatoms. The van der Waals surface area contributed by atoms with Crippen molar-refractivity contribution in [3.8, 4) is 5.69 Å². The monoisotopic (exact) mass is 225 g/mol. The van der Waals surface area contributed by atoms with Crippen LogP contribution in [0.15, 0.2) is 36.9 Å². The SMILES string of the molecule is Cl.O=C(O)c1ccccc1-n1cncn1. The Bertz CT molecular complexity index is 456. The van der Waals surface area contributed by atoms with Crippen molar-refractivity contribution in [2.45, 2.75) is 0 Å². The summed E-state index contributed by atoms with van der Waals surface area (Å²) < 4.78 is 1.42. The van der Waals surface area contributed by atoms with Crippen LogP contribution in [0.2, 0.25) is 0 Å². The first-order valence-corrected chi connectivity index (χ1v) is 3.96. The Morgan fingerprint density at radius 1 is 1.33 bits per heavy atom. The Balaban J connectivity index is 0.00000112. The van der Waals surface area contributed by atoms with E-state index in [1.54, 1.807) is 18.2 Å². The lowest BCUT2D eigenvalue weighted by molar-refractivity contribution is 0.0696. The molecule has 0 fully saturated rings. The second kappa shape index (κ2) is 4.56. The quantitative estimate of drug-likeness (QED) is 0.839. The van der Waals surface area contributed by atoms with Crippen molar-refractivity contribution in [3.63, 3.8) is 0 Å². The molecule has 0 amide bonds. The standard InChI is InChI=1S/C9H7N3O2.ClH/c13-9(14)7-3-1-2-4-8(7)12-6-10-5-11-12;/h1-6H,(H,13,14);1H. The fourth-order valence-electron chi connectivity index (χ4n) is 1.19. The molecule has 15 heavy (non-hydrogen) atoms. The van der Waals surface area contributed by atoms with Crippen molar-refractivity contribution >= 4 is 18.4 Å². The topological polar surface area (TPSA) is 68.0 Å². The van der Waals surface area contributed by atoms with Gasteiger partial charge in [-0.2, -0.15) is 5.10 Å². The number of hydrogen-bond donors (Lipinski definition) is 1. The normalized spacial score (nSPS) is 9.33. The Morgan fingerprint density at radius 3 is 2.67 bits per heavy atom. The molecule has 0 saturated carbocycles. The summed E-state index contributed by atoms with van der Waals surface area (Å²) in [6.45, 7) is 0. The second-order valence-electron chi connectivity index (χ2n) is 2.66. The van der Waals surface area contributed by atoms with E-state index in [4.69, 9.17) is 5.11 Å². The summed E-state index contributed by atoms with van der Waals surface area (Å²) >= 11 is 0. The van der Waals surface area contributed by atoms with Crippen LogP contribution in [-0.4, -0.2) is 25.8 Å². The lowest BCUT2D eigenvalue weighted by atomic mass is 10.2. The zero-order valence-electron chi connectivity index (χ0n) is 7.57. The van der Waals surface area contributed by atoms with E-state index in [1.807, 2.05) is 0 Å². The van der Waals surface area contributed by atoms with E-state index in [2.05, 4.69) is 10.1 Å². The molecule has 0 spiro atoms. The first-order chi connectivity index (χ1) is 6.79. The molecular weight excluding hydrogens is 218 g/mol. The third-order valence-corrected chi connectivity index (χ3v) is 1.80. The molecule has 2 rings (SSSR count). The summed E-state index contributed by atoms with van der Waals surface area (Å²) in [5.74, 6) is -0.976. The van der Waals surface area contributed by atoms with E-state index in [9.17, 15) is 4.79 Å². The number of nitrogens with zero attached hydrogens (tertiary/aromatic N) is 3. The molecule has 0 aliphatic carbocycles. The van der Waals surface area contributed by atoms with Gasteiger partial charge in [-0.3, -0.25) is 0 Å². The fourth-order valence-corrected chi connectivity index (χ4v) is 1.19. The van der Waals surface area contributed by atoms with Gasteiger partial charge in [-0.05, 0) is 12.1 Å². The van der Waals surface area contributed by atoms with Gasteiger partial charge in [-0.15, -0.1) is 12.4 Å². The highest BCUT2D eigenvalue weighted by molar-refractivity contribution is 5.91. The Kier molecular flexibility index (Phi) is 3.41. The smallest absolute Gasteiger partial charge is 0.337 e. The molecule has 0 aliphatic rings. The van der Waals surface area contributed by atoms with Gasteiger partial charge in [0.15, 0.2) is 0 Å². The van der Waals surface area contributed by atoms with Crippen molar-refractivity contribution in [2.24, 2.45) is 0 Å². The van der Waals surface area contributed by atoms with Crippen LogP contribution in [0, 0.1) is 0 Å². The molecule has 0 atom stereocenters. The van der Waals surface area contributed by atoms with Gasteiger partial charge in [0.25, 0.3) is 0 Å². The van der Waals surface area contributed by atoms with Gasteiger partial charge < -0.3 is 5.11 Å². The molecule has 1 heterocycles. The molecule has 0 unspecified atom stereocenters. The zero-order valence-corrected chi connectivity index (χ0v) is 8.39. The minimum atomic E-state index is -0.976. The Morgan fingerprint density at radius 2 is 2.07 bits per heavy atom. The predicted octanol–water partition coefficient (Wildman–Crippen LogP) is 1.39. The number of halogens is 1. The van der Waals surface area contributed by atoms with Gasteiger partial charge in [0.05, 0.1) is 11.3 Å². The van der Waals surface area contributed by atoms with E-state index in [0.717, 1.165) is 0 Å². The molecule has 1 aromatic carbocycles. The van der Waals surface area contributed by atoms with Crippen LogP contribution in [0.3, 0.4) is 0 Å². The molecule has 0 bridgehead atoms. The van der Waals surface area contributed by atoms with Crippen LogP contribution in [0.5, 0.6) is 0 Å². The summed E-state index contributed by atoms with van der Waals surface area (Å²) in [7, 11) is 0. The molecule has 5 nitrogen and oxygen atoms in total. The number of benzene rings is 1. The maximum atomic E-state index is 10.9. The maximum absolute atomic E-state index is 10.9. The highest BCUT2D eigenvalue weighted by Gasteiger charge is 2.10. The van der Waals surface area contributed by atoms with Crippen molar-refractivity contribution in [1.82, 2.24) is 14.8 Å². The van der Waals surface area contributed by atoms with Crippen molar-refractivity contribution in [1.29, 1.82) is 0 Å². The molecule has 0 aliphatic heterocycles. The van der Waals surface area contributed by atoms with Gasteiger partial charge in [-0.25, -0.2) is 14.5 Å². The molecular formula is C9H8ClN3O2. The van der Waals surface area contributed by atoms with Crippen molar-refractivity contribution in [2.75, 3.05) is 0 Å². The van der Waals surface area contributed by atoms with Crippen molar-refractivity contribution in [3.05, 3.63) is 42.5 Å². The number of para-hydroxylation sites is 1. The first kappa shape index (κ1) is 11.2. The summed E-state index contributed by atoms with van der Waals surface area (Å²) in [5.41, 5.74) is 0.718. The van der Waals surface area contributed by atoms with Crippen LogP contribution in [0.1, 0.15) is 10.4 Å². The van der Waals surface area contributed by atoms with Gasteiger partial charge in [0.1, 0.15) is 12.7 Å². The number of carboxylic acid groups (broad SMARTS) is 1. The van der Waals surface area contributed by atoms with Gasteiger partial charge in [-0.1, -0.05) is 12.1 Å². The van der Waals surface area contributed by atoms with Crippen LogP contribution in [-0.2, 0) is 0 Å². The predicted molar refractivity (Wildman–Crippen MR) is 55.6 cm³/mol. The summed E-state index contributed by atoms with van der Waals surface area (Å²) in [5, 5.41) is 12.8. The molecule has 78 valence electrons. The van der Waals surface area contributed by atoms with Gasteiger partial charge in [0.2, 0.25) is 0 Å². The maximum Gasteiger partial charge on any atom is 0.337 e. The van der Waals surface area contributed by atoms with E-state index >= 15 is 0 Å². The third-order valence-electron chi connectivity index (χ3n) is 1.80. The number of rotatable bonds is 2. The minimum Gasteiger partial charge on any atom is -0.478 e. The van der Waals surface area contributed by atoms with Crippen LogP contribution in [0.4, 0.5) is 0 Å². The Labute approximate surface area is 91.8 Å². The van der Waals surface area contributed by atoms with Gasteiger partial charge in [0, 0.05) is 0 Å². The van der Waals surface area contributed by atoms with E-state index in [1.165, 1.54) is 23.4 Å². The van der Waals surface area contributed by atoms with Crippen LogP contribution < -0.4 is 0 Å². The van der Waals surface area contributed by atoms with Crippen LogP contribution in [0.25, 0.3) is 5.69 Å². The van der Waals surface area contributed by atoms with Crippen LogP contribution >= 0.6 is 12.4 Å². The number of aromatic carboxylic acids is 1. The lowest BCUT2D eigenvalue weighted by Gasteiger charge is -2.03. The number of carbonyl (C=O) groups is 1. The first-order valence-electron chi connectivity index (χ1n) is 3.96. The third kappa shape index (κ3) is 2.13. The summed E-state index contributed by atoms with van der Waals surface area (Å²) in [6.07, 6.45) is 2.82. The molecule has 0 saturated heterocycles. The van der Waals surface area contributed by atoms with Gasteiger partial charge >= 0.3 is 5.97 Å². The summed E-state index contributed by atoms with van der Waals surface area (Å²) in [4.78, 5) is 14.6. The summed E-state index contributed by atoms with van der Waals surface area (Å²) in [6, 6.07) is 6.63. The molecule has 0 radical (unpaired) electrons. The second-order valence-corrected chi connectivity index (χ2v) is 2.66. The fraction of sp³-hybridized carbons (Fsp3) is 0. The number of hydrogen-bond acceptors (Lipinski definition) is 3. The molecule has 1 N–H and O–H groups in total.